The third-order valence-electron chi connectivity index (χ3n) is 2.04. The Hall–Kier alpha value is -0.162. The van der Waals surface area contributed by atoms with Crippen LogP contribution in [0.4, 0.5) is 5.69 Å². The van der Waals surface area contributed by atoms with Gasteiger partial charge in [0.05, 0.1) is 0 Å². The molecule has 66 valence electrons. The van der Waals surface area contributed by atoms with Crippen LogP contribution in [0.1, 0.15) is 13.8 Å². The van der Waals surface area contributed by atoms with Gasteiger partial charge in [0.25, 0.3) is 0 Å². The molecule has 0 bridgehead atoms. The van der Waals surface area contributed by atoms with Gasteiger partial charge in [-0.2, -0.15) is 0 Å². The van der Waals surface area contributed by atoms with Crippen molar-refractivity contribution in [1.82, 2.24) is 0 Å². The van der Waals surface area contributed by atoms with E-state index in [2.05, 4.69) is 43.0 Å². The first-order chi connectivity index (χ1) is 5.79. The maximum atomic E-state index is 2.40. The molecule has 0 spiro atoms. The van der Waals surface area contributed by atoms with Crippen LogP contribution in [-0.2, 0) is 0 Å². The van der Waals surface area contributed by atoms with Crippen LogP contribution < -0.4 is 8.41 Å². The molecule has 1 aromatic carbocycles. The summed E-state index contributed by atoms with van der Waals surface area (Å²) in [7, 11) is 0. The monoisotopic (exact) mass is 271 g/mol. The Morgan fingerprint density at radius 2 is 1.75 bits per heavy atom. The quantitative estimate of drug-likeness (QED) is 0.735. The van der Waals surface area contributed by atoms with Crippen LogP contribution in [0.5, 0.6) is 0 Å². The van der Waals surface area contributed by atoms with E-state index in [1.54, 1.807) is 0 Å². The van der Waals surface area contributed by atoms with Crippen molar-refractivity contribution < 1.29 is 0 Å². The molecule has 0 atom stereocenters. The number of hydrogen-bond donors (Lipinski definition) is 0. The molecule has 1 aromatic rings. The second-order valence-electron chi connectivity index (χ2n) is 2.73. The molecule has 0 aliphatic heterocycles. The van der Waals surface area contributed by atoms with Crippen molar-refractivity contribution in [2.24, 2.45) is 0 Å². The van der Waals surface area contributed by atoms with Gasteiger partial charge in [-0.05, 0) is 0 Å². The molecule has 0 saturated heterocycles. The van der Waals surface area contributed by atoms with E-state index >= 15 is 0 Å². The van der Waals surface area contributed by atoms with E-state index in [4.69, 9.17) is 0 Å². The summed E-state index contributed by atoms with van der Waals surface area (Å²) in [5, 5.41) is 0. The standard InChI is InChI=1S/C10H14N.Sb.2H/c1-3-11(4-2)10-8-6-5-7-9-10;;;/h5-8H,3-4H2,1-2H3;;;. The third kappa shape index (κ3) is 2.17. The molecule has 0 aromatic heterocycles. The minimum atomic E-state index is 1.11. The third-order valence-corrected chi connectivity index (χ3v) is 3.43. The molecule has 0 heterocycles. The van der Waals surface area contributed by atoms with Crippen molar-refractivity contribution in [3.8, 4) is 0 Å². The molecular formula is C10H16NSb. The number of para-hydroxylation sites is 1. The van der Waals surface area contributed by atoms with Crippen LogP contribution in [0, 0.1) is 0 Å². The van der Waals surface area contributed by atoms with Gasteiger partial charge in [-0.3, -0.25) is 0 Å². The Morgan fingerprint density at radius 1 is 1.17 bits per heavy atom. The summed E-state index contributed by atoms with van der Waals surface area (Å²) in [4.78, 5) is 2.40. The van der Waals surface area contributed by atoms with Gasteiger partial charge >= 0.3 is 88.3 Å². The fraction of sp³-hybridized carbons (Fsp3) is 0.400. The Balaban J connectivity index is 2.92. The van der Waals surface area contributed by atoms with Gasteiger partial charge in [-0.1, -0.05) is 0 Å². The van der Waals surface area contributed by atoms with Gasteiger partial charge < -0.3 is 0 Å². The van der Waals surface area contributed by atoms with Gasteiger partial charge in [0.2, 0.25) is 0 Å². The summed E-state index contributed by atoms with van der Waals surface area (Å²) < 4.78 is 1.49. The van der Waals surface area contributed by atoms with Crippen LogP contribution in [-0.4, -0.2) is 36.1 Å². The van der Waals surface area contributed by atoms with E-state index in [9.17, 15) is 0 Å². The molecule has 0 aliphatic carbocycles. The predicted octanol–water partition coefficient (Wildman–Crippen LogP) is 0.791. The zero-order chi connectivity index (χ0) is 8.97. The first kappa shape index (κ1) is 9.92. The van der Waals surface area contributed by atoms with Crippen molar-refractivity contribution in [2.45, 2.75) is 13.8 Å². The first-order valence-electron chi connectivity index (χ1n) is 4.39. The average Bonchev–Trinajstić information content (AvgIpc) is 2.10. The van der Waals surface area contributed by atoms with Crippen molar-refractivity contribution >= 4 is 32.2 Å². The van der Waals surface area contributed by atoms with Crippen molar-refractivity contribution in [2.75, 3.05) is 18.0 Å². The SMILES string of the molecule is CCN(CC)c1cccc[c]1[SbH2]. The maximum absolute atomic E-state index is 2.40. The number of rotatable bonds is 3. The summed E-state index contributed by atoms with van der Waals surface area (Å²) in [5.74, 6) is 0. The van der Waals surface area contributed by atoms with E-state index < -0.39 is 0 Å². The molecule has 2 heteroatoms. The Kier molecular flexibility index (Phi) is 3.94. The Bertz CT molecular complexity index is 243. The summed E-state index contributed by atoms with van der Waals surface area (Å²) in [6, 6.07) is 8.67. The molecule has 1 nitrogen and oxygen atoms in total. The zero-order valence-electron chi connectivity index (χ0n) is 7.75. The molecule has 12 heavy (non-hydrogen) atoms. The van der Waals surface area contributed by atoms with E-state index in [1.165, 1.54) is 32.2 Å². The zero-order valence-corrected chi connectivity index (χ0v) is 11.0. The van der Waals surface area contributed by atoms with Crippen molar-refractivity contribution in [3.05, 3.63) is 24.3 Å². The first-order valence-corrected chi connectivity index (χ1v) is 6.03. The van der Waals surface area contributed by atoms with E-state index in [1.807, 2.05) is 0 Å². The van der Waals surface area contributed by atoms with Crippen LogP contribution in [0.25, 0.3) is 0 Å². The van der Waals surface area contributed by atoms with Crippen LogP contribution >= 0.6 is 0 Å². The van der Waals surface area contributed by atoms with E-state index in [0.29, 0.717) is 0 Å². The average molecular weight is 272 g/mol. The summed E-state index contributed by atoms with van der Waals surface area (Å²) >= 11 is 1.21. The van der Waals surface area contributed by atoms with Crippen LogP contribution in [0.15, 0.2) is 24.3 Å². The number of anilines is 1. The number of hydrogen-bond acceptors (Lipinski definition) is 1. The molecule has 0 fully saturated rings. The van der Waals surface area contributed by atoms with Gasteiger partial charge in [0.15, 0.2) is 0 Å². The molecule has 1 rings (SSSR count). The summed E-state index contributed by atoms with van der Waals surface area (Å²) in [6.45, 7) is 6.62. The molecule has 0 unspecified atom stereocenters. The van der Waals surface area contributed by atoms with Crippen molar-refractivity contribution in [1.29, 1.82) is 0 Å². The van der Waals surface area contributed by atoms with Gasteiger partial charge in [-0.25, -0.2) is 0 Å². The van der Waals surface area contributed by atoms with Gasteiger partial charge in [0.1, 0.15) is 0 Å². The molecule has 0 amide bonds. The second-order valence-corrected chi connectivity index (χ2v) is 4.51. The minimum absolute atomic E-state index is 1.11. The molecule has 0 radical (unpaired) electrons. The summed E-state index contributed by atoms with van der Waals surface area (Å²) in [5.41, 5.74) is 1.42. The fourth-order valence-electron chi connectivity index (χ4n) is 1.34. The van der Waals surface area contributed by atoms with E-state index in [-0.39, 0.29) is 0 Å². The Morgan fingerprint density at radius 3 is 2.25 bits per heavy atom. The van der Waals surface area contributed by atoms with Crippen LogP contribution in [0.2, 0.25) is 0 Å². The predicted molar refractivity (Wildman–Crippen MR) is 58.2 cm³/mol. The van der Waals surface area contributed by atoms with Gasteiger partial charge in [-0.15, -0.1) is 0 Å². The molecule has 0 saturated carbocycles. The molecule has 0 N–H and O–H groups in total. The normalized spacial score (nSPS) is 9.92. The van der Waals surface area contributed by atoms with Crippen LogP contribution in [0.3, 0.4) is 0 Å². The summed E-state index contributed by atoms with van der Waals surface area (Å²) in [6.07, 6.45) is 0. The molecular weight excluding hydrogens is 256 g/mol. The second kappa shape index (κ2) is 4.76. The topological polar surface area (TPSA) is 3.24 Å². The number of nitrogens with zero attached hydrogens (tertiary/aromatic N) is 1. The fourth-order valence-corrected chi connectivity index (χ4v) is 2.45. The van der Waals surface area contributed by atoms with Gasteiger partial charge in [0, 0.05) is 0 Å². The van der Waals surface area contributed by atoms with E-state index in [0.717, 1.165) is 13.1 Å². The Labute approximate surface area is 88.3 Å². The number of benzene rings is 1. The molecule has 0 aliphatic rings. The van der Waals surface area contributed by atoms with Crippen molar-refractivity contribution in [3.63, 3.8) is 0 Å².